The van der Waals surface area contributed by atoms with Crippen LogP contribution in [0.1, 0.15) is 57.5 Å². The molecule has 0 fully saturated rings. The van der Waals surface area contributed by atoms with Gasteiger partial charge in [0.05, 0.1) is 26.3 Å². The van der Waals surface area contributed by atoms with E-state index in [0.717, 1.165) is 5.56 Å². The fourth-order valence-electron chi connectivity index (χ4n) is 2.55. The van der Waals surface area contributed by atoms with Gasteiger partial charge in [-0.1, -0.05) is 6.07 Å². The fourth-order valence-corrected chi connectivity index (χ4v) is 2.55. The molecule has 0 saturated carbocycles. The maximum absolute atomic E-state index is 12.1. The quantitative estimate of drug-likeness (QED) is 0.192. The zero-order valence-electron chi connectivity index (χ0n) is 20.3. The summed E-state index contributed by atoms with van der Waals surface area (Å²) in [5.41, 5.74) is 0.101. The first-order chi connectivity index (χ1) is 14.4. The summed E-state index contributed by atoms with van der Waals surface area (Å²) < 4.78 is 15.4. The normalized spacial score (nSPS) is 11.7. The van der Waals surface area contributed by atoms with Crippen molar-refractivity contribution in [2.45, 2.75) is 59.2 Å². The molecule has 0 radical (unpaired) electrons. The fraction of sp³-hybridized carbons (Fsp3) is 0.591. The molecule has 32 heavy (non-hydrogen) atoms. The summed E-state index contributed by atoms with van der Waals surface area (Å²) >= 11 is 0. The van der Waals surface area contributed by atoms with Crippen molar-refractivity contribution in [2.24, 2.45) is 4.99 Å². The van der Waals surface area contributed by atoms with Crippen molar-refractivity contribution < 1.29 is 23.8 Å². The van der Waals surface area contributed by atoms with Gasteiger partial charge in [-0.2, -0.15) is 0 Å². The number of nitrogens with one attached hydrogen (secondary N) is 3. The van der Waals surface area contributed by atoms with Crippen molar-refractivity contribution in [3.05, 3.63) is 29.3 Å². The second-order valence-electron chi connectivity index (χ2n) is 8.59. The molecule has 0 aliphatic heterocycles. The van der Waals surface area contributed by atoms with Crippen LogP contribution in [0.5, 0.6) is 5.75 Å². The van der Waals surface area contributed by atoms with Gasteiger partial charge >= 0.3 is 12.1 Å². The Bertz CT molecular complexity index is 791. The zero-order chi connectivity index (χ0) is 23.7. The Hall–Kier alpha value is -2.24. The van der Waals surface area contributed by atoms with E-state index in [1.54, 1.807) is 18.2 Å². The van der Waals surface area contributed by atoms with Gasteiger partial charge in [-0.15, -0.1) is 24.0 Å². The molecule has 182 valence electrons. The maximum Gasteiger partial charge on any atom is 0.408 e. The number of carbonyl (C=O) groups is 2. The molecule has 3 N–H and O–H groups in total. The topological polar surface area (TPSA) is 110 Å². The van der Waals surface area contributed by atoms with Crippen LogP contribution >= 0.6 is 24.0 Å². The number of methoxy groups -OCH3 is 2. The Balaban J connectivity index is 0.00000961. The molecular formula is C22H37IN4O5. The average molecular weight is 564 g/mol. The van der Waals surface area contributed by atoms with Crippen LogP contribution in [0.25, 0.3) is 0 Å². The van der Waals surface area contributed by atoms with Crippen molar-refractivity contribution in [2.75, 3.05) is 27.3 Å². The summed E-state index contributed by atoms with van der Waals surface area (Å²) in [6, 6.07) is 5.22. The van der Waals surface area contributed by atoms with Crippen molar-refractivity contribution in [3.8, 4) is 5.75 Å². The Kier molecular flexibility index (Phi) is 12.4. The molecule has 0 bridgehead atoms. The molecule has 0 aromatic heterocycles. The highest BCUT2D eigenvalue weighted by Gasteiger charge is 2.24. The molecule has 9 nitrogen and oxygen atoms in total. The van der Waals surface area contributed by atoms with Crippen molar-refractivity contribution in [1.82, 2.24) is 16.0 Å². The van der Waals surface area contributed by atoms with Gasteiger partial charge in [0.15, 0.2) is 5.96 Å². The lowest BCUT2D eigenvalue weighted by Crippen LogP contribution is -2.54. The van der Waals surface area contributed by atoms with E-state index in [1.165, 1.54) is 14.2 Å². The van der Waals surface area contributed by atoms with Gasteiger partial charge in [0.1, 0.15) is 16.9 Å². The van der Waals surface area contributed by atoms with Gasteiger partial charge in [-0.25, -0.2) is 14.6 Å². The van der Waals surface area contributed by atoms with E-state index in [-0.39, 0.29) is 24.0 Å². The predicted octanol–water partition coefficient (Wildman–Crippen LogP) is 3.46. The number of alkyl carbamates (subject to hydrolysis) is 1. The summed E-state index contributed by atoms with van der Waals surface area (Å²) in [6.45, 7) is 12.7. The second-order valence-corrected chi connectivity index (χ2v) is 8.59. The number of esters is 1. The third-order valence-corrected chi connectivity index (χ3v) is 3.97. The van der Waals surface area contributed by atoms with Crippen LogP contribution in [0.15, 0.2) is 23.2 Å². The number of hydrogen-bond acceptors (Lipinski definition) is 6. The second kappa shape index (κ2) is 13.3. The largest absolute Gasteiger partial charge is 0.496 e. The van der Waals surface area contributed by atoms with Crippen LogP contribution in [0.3, 0.4) is 0 Å². The van der Waals surface area contributed by atoms with E-state index in [4.69, 9.17) is 14.2 Å². The van der Waals surface area contributed by atoms with Crippen LogP contribution in [0.2, 0.25) is 0 Å². The Labute approximate surface area is 208 Å². The first-order valence-electron chi connectivity index (χ1n) is 10.2. The summed E-state index contributed by atoms with van der Waals surface area (Å²) in [5.74, 6) is 0.569. The van der Waals surface area contributed by atoms with Gasteiger partial charge in [0.2, 0.25) is 0 Å². The molecule has 1 amide bonds. The van der Waals surface area contributed by atoms with Gasteiger partial charge in [-0.05, 0) is 59.2 Å². The predicted molar refractivity (Wildman–Crippen MR) is 136 cm³/mol. The highest BCUT2D eigenvalue weighted by atomic mass is 127. The molecule has 1 aromatic rings. The third-order valence-electron chi connectivity index (χ3n) is 3.97. The third kappa shape index (κ3) is 10.9. The van der Waals surface area contributed by atoms with Gasteiger partial charge in [0.25, 0.3) is 0 Å². The Morgan fingerprint density at radius 1 is 1.06 bits per heavy atom. The number of benzene rings is 1. The molecule has 0 saturated heterocycles. The minimum absolute atomic E-state index is 0. The van der Waals surface area contributed by atoms with Crippen LogP contribution in [-0.2, 0) is 16.0 Å². The highest BCUT2D eigenvalue weighted by Crippen LogP contribution is 2.21. The van der Waals surface area contributed by atoms with E-state index < -0.39 is 23.2 Å². The first kappa shape index (κ1) is 29.8. The van der Waals surface area contributed by atoms with Crippen LogP contribution in [-0.4, -0.2) is 56.5 Å². The molecular weight excluding hydrogens is 527 g/mol. The van der Waals surface area contributed by atoms with Gasteiger partial charge < -0.3 is 30.2 Å². The standard InChI is InChI=1S/C22H36N4O5.HI/c1-9-23-19(25-14-22(5,6)26-20(28)31-21(2,3)4)24-13-15-10-11-16(18(27)30-8)17(12-15)29-7;/h10-12H,9,13-14H2,1-8H3,(H,26,28)(H2,23,24,25);1H. The lowest BCUT2D eigenvalue weighted by Gasteiger charge is -2.29. The minimum Gasteiger partial charge on any atom is -0.496 e. The molecule has 0 atom stereocenters. The number of carbonyl (C=O) groups excluding carboxylic acids is 2. The van der Waals surface area contributed by atoms with Crippen molar-refractivity contribution in [1.29, 1.82) is 0 Å². The summed E-state index contributed by atoms with van der Waals surface area (Å²) in [7, 11) is 2.83. The minimum atomic E-state index is -0.566. The average Bonchev–Trinajstić information content (AvgIpc) is 2.67. The van der Waals surface area contributed by atoms with Crippen LogP contribution in [0, 0.1) is 0 Å². The van der Waals surface area contributed by atoms with Crippen molar-refractivity contribution >= 4 is 42.0 Å². The van der Waals surface area contributed by atoms with Crippen molar-refractivity contribution in [3.63, 3.8) is 0 Å². The Morgan fingerprint density at radius 3 is 2.25 bits per heavy atom. The number of nitrogens with zero attached hydrogens (tertiary/aromatic N) is 1. The smallest absolute Gasteiger partial charge is 0.408 e. The molecule has 0 unspecified atom stereocenters. The molecule has 0 aliphatic carbocycles. The van der Waals surface area contributed by atoms with E-state index in [0.29, 0.717) is 36.9 Å². The van der Waals surface area contributed by atoms with E-state index in [1.807, 2.05) is 41.5 Å². The van der Waals surface area contributed by atoms with Gasteiger partial charge in [0, 0.05) is 13.1 Å². The maximum atomic E-state index is 12.1. The molecule has 1 aromatic carbocycles. The van der Waals surface area contributed by atoms with Crippen LogP contribution < -0.4 is 20.7 Å². The number of aliphatic imine (C=N–C) groups is 1. The first-order valence-corrected chi connectivity index (χ1v) is 10.2. The zero-order valence-corrected chi connectivity index (χ0v) is 22.6. The summed E-state index contributed by atoms with van der Waals surface area (Å²) in [5, 5.41) is 9.26. The number of rotatable bonds is 8. The lowest BCUT2D eigenvalue weighted by atomic mass is 10.1. The lowest BCUT2D eigenvalue weighted by molar-refractivity contribution is 0.0473. The Morgan fingerprint density at radius 2 is 1.72 bits per heavy atom. The number of halogens is 1. The summed E-state index contributed by atoms with van der Waals surface area (Å²) in [4.78, 5) is 28.4. The molecule has 0 heterocycles. The van der Waals surface area contributed by atoms with Crippen LogP contribution in [0.4, 0.5) is 4.79 Å². The number of amides is 1. The number of hydrogen-bond donors (Lipinski definition) is 3. The monoisotopic (exact) mass is 564 g/mol. The van der Waals surface area contributed by atoms with Gasteiger partial charge in [-0.3, -0.25) is 0 Å². The number of guanidine groups is 1. The number of ether oxygens (including phenoxy) is 3. The van der Waals surface area contributed by atoms with E-state index in [2.05, 4.69) is 20.9 Å². The summed E-state index contributed by atoms with van der Waals surface area (Å²) in [6.07, 6.45) is -0.473. The molecule has 0 aliphatic rings. The van der Waals surface area contributed by atoms with E-state index >= 15 is 0 Å². The molecule has 0 spiro atoms. The highest BCUT2D eigenvalue weighted by molar-refractivity contribution is 14.0. The molecule has 10 heteroatoms. The van der Waals surface area contributed by atoms with E-state index in [9.17, 15) is 9.59 Å². The molecule has 1 rings (SSSR count). The SMILES string of the molecule is CCNC(=NCc1ccc(C(=O)OC)c(OC)c1)NCC(C)(C)NC(=O)OC(C)(C)C.I.